The molecule has 118 valence electrons. The van der Waals surface area contributed by atoms with E-state index in [1.165, 1.54) is 11.1 Å². The number of amides is 1. The molecule has 0 saturated heterocycles. The minimum absolute atomic E-state index is 0.0367. The molecule has 0 saturated carbocycles. The molecule has 1 aromatic carbocycles. The molecular weight excluding hydrogens is 292 g/mol. The van der Waals surface area contributed by atoms with E-state index in [-0.39, 0.29) is 5.91 Å². The smallest absolute Gasteiger partial charge is 0.244 e. The lowest BCUT2D eigenvalue weighted by atomic mass is 9.99. The summed E-state index contributed by atoms with van der Waals surface area (Å²) in [5.41, 5.74) is 4.91. The number of anilines is 2. The highest BCUT2D eigenvalue weighted by Gasteiger charge is 2.25. The normalized spacial score (nSPS) is 15.8. The van der Waals surface area contributed by atoms with Crippen LogP contribution in [-0.4, -0.2) is 36.1 Å². The molecule has 23 heavy (non-hydrogen) atoms. The van der Waals surface area contributed by atoms with E-state index in [9.17, 15) is 4.79 Å². The van der Waals surface area contributed by atoms with Crippen molar-refractivity contribution >= 4 is 17.4 Å². The molecule has 6 nitrogen and oxygen atoms in total. The van der Waals surface area contributed by atoms with Gasteiger partial charge in [-0.05, 0) is 31.5 Å². The van der Waals surface area contributed by atoms with Crippen LogP contribution in [-0.2, 0) is 11.2 Å². The van der Waals surface area contributed by atoms with Crippen molar-refractivity contribution in [2.45, 2.75) is 20.3 Å². The first-order valence-corrected chi connectivity index (χ1v) is 7.70. The van der Waals surface area contributed by atoms with E-state index in [2.05, 4.69) is 17.2 Å². The zero-order valence-corrected chi connectivity index (χ0v) is 13.4. The monoisotopic (exact) mass is 310 g/mol. The lowest BCUT2D eigenvalue weighted by molar-refractivity contribution is -0.115. The van der Waals surface area contributed by atoms with Crippen molar-refractivity contribution in [1.29, 1.82) is 0 Å². The molecule has 0 aliphatic carbocycles. The van der Waals surface area contributed by atoms with Gasteiger partial charge in [0.05, 0.1) is 18.8 Å². The number of benzene rings is 1. The molecule has 3 heterocycles. The summed E-state index contributed by atoms with van der Waals surface area (Å²) in [6.07, 6.45) is 0.925. The summed E-state index contributed by atoms with van der Waals surface area (Å²) in [5.74, 6) is 2.38. The average molecular weight is 310 g/mol. The van der Waals surface area contributed by atoms with Crippen LogP contribution in [0.5, 0.6) is 5.75 Å². The Kier molecular flexibility index (Phi) is 3.01. The van der Waals surface area contributed by atoms with Crippen molar-refractivity contribution in [3.05, 3.63) is 29.0 Å². The van der Waals surface area contributed by atoms with E-state index >= 15 is 0 Å². The van der Waals surface area contributed by atoms with Gasteiger partial charge in [-0.25, -0.2) is 9.97 Å². The highest BCUT2D eigenvalue weighted by atomic mass is 16.5. The van der Waals surface area contributed by atoms with Gasteiger partial charge in [-0.1, -0.05) is 0 Å². The molecule has 0 radical (unpaired) electrons. The van der Waals surface area contributed by atoms with Crippen LogP contribution in [0.25, 0.3) is 11.4 Å². The molecule has 1 aromatic heterocycles. The average Bonchev–Trinajstić information content (AvgIpc) is 2.98. The van der Waals surface area contributed by atoms with Crippen LogP contribution < -0.4 is 15.0 Å². The molecule has 2 aromatic rings. The Balaban J connectivity index is 1.87. The van der Waals surface area contributed by atoms with Crippen LogP contribution in [0.4, 0.5) is 11.5 Å². The topological polar surface area (TPSA) is 67.4 Å². The molecule has 2 aliphatic heterocycles. The Bertz CT molecular complexity index is 832. The van der Waals surface area contributed by atoms with Gasteiger partial charge in [0, 0.05) is 24.6 Å². The largest absolute Gasteiger partial charge is 0.493 e. The number of hydrogen-bond donors (Lipinski definition) is 1. The molecule has 4 rings (SSSR count). The van der Waals surface area contributed by atoms with Crippen molar-refractivity contribution in [2.75, 3.05) is 30.4 Å². The summed E-state index contributed by atoms with van der Waals surface area (Å²) in [6.45, 7) is 5.03. The first kappa shape index (κ1) is 14.0. The van der Waals surface area contributed by atoms with Gasteiger partial charge in [0.1, 0.15) is 11.4 Å². The van der Waals surface area contributed by atoms with Gasteiger partial charge in [0.25, 0.3) is 0 Å². The predicted octanol–water partition coefficient (Wildman–Crippen LogP) is 2.08. The van der Waals surface area contributed by atoms with Crippen molar-refractivity contribution in [1.82, 2.24) is 9.97 Å². The molecule has 0 unspecified atom stereocenters. The van der Waals surface area contributed by atoms with Crippen molar-refractivity contribution in [2.24, 2.45) is 0 Å². The third-order valence-electron chi connectivity index (χ3n) is 4.48. The molecule has 0 fully saturated rings. The van der Waals surface area contributed by atoms with Gasteiger partial charge >= 0.3 is 0 Å². The number of rotatable bonds is 1. The fourth-order valence-electron chi connectivity index (χ4n) is 3.25. The Hall–Kier alpha value is -2.63. The van der Waals surface area contributed by atoms with E-state index in [1.807, 2.05) is 31.0 Å². The molecule has 1 amide bonds. The van der Waals surface area contributed by atoms with Crippen LogP contribution in [0.15, 0.2) is 12.1 Å². The van der Waals surface area contributed by atoms with Gasteiger partial charge < -0.3 is 15.0 Å². The maximum Gasteiger partial charge on any atom is 0.244 e. The van der Waals surface area contributed by atoms with Crippen molar-refractivity contribution in [3.63, 3.8) is 0 Å². The summed E-state index contributed by atoms with van der Waals surface area (Å²) in [5, 5.41) is 2.87. The third-order valence-corrected chi connectivity index (χ3v) is 4.48. The van der Waals surface area contributed by atoms with Crippen LogP contribution in [0.1, 0.15) is 16.8 Å². The number of nitrogens with zero attached hydrogens (tertiary/aromatic N) is 3. The summed E-state index contributed by atoms with van der Waals surface area (Å²) >= 11 is 0. The van der Waals surface area contributed by atoms with Crippen LogP contribution in [0.3, 0.4) is 0 Å². The van der Waals surface area contributed by atoms with Crippen molar-refractivity contribution in [3.8, 4) is 17.1 Å². The predicted molar refractivity (Wildman–Crippen MR) is 88.0 cm³/mol. The number of fused-ring (bicyclic) bond motifs is 2. The molecule has 0 atom stereocenters. The van der Waals surface area contributed by atoms with E-state index < -0.39 is 0 Å². The fraction of sp³-hybridized carbons (Fsp3) is 0.353. The van der Waals surface area contributed by atoms with E-state index in [0.29, 0.717) is 18.1 Å². The lowest BCUT2D eigenvalue weighted by Gasteiger charge is -2.27. The van der Waals surface area contributed by atoms with Crippen LogP contribution >= 0.6 is 0 Å². The second-order valence-electron chi connectivity index (χ2n) is 6.05. The second kappa shape index (κ2) is 4.94. The fourth-order valence-corrected chi connectivity index (χ4v) is 3.25. The minimum atomic E-state index is -0.0367. The number of ether oxygens (including phenoxy) is 1. The Morgan fingerprint density at radius 3 is 2.91 bits per heavy atom. The molecule has 0 bridgehead atoms. The Morgan fingerprint density at radius 2 is 2.09 bits per heavy atom. The number of aryl methyl sites for hydroxylation is 1. The summed E-state index contributed by atoms with van der Waals surface area (Å²) in [7, 11) is 1.87. The first-order valence-electron chi connectivity index (χ1n) is 7.70. The Labute approximate surface area is 134 Å². The van der Waals surface area contributed by atoms with Crippen LogP contribution in [0.2, 0.25) is 0 Å². The third kappa shape index (κ3) is 2.13. The second-order valence-corrected chi connectivity index (χ2v) is 6.05. The van der Waals surface area contributed by atoms with Crippen molar-refractivity contribution < 1.29 is 9.53 Å². The summed E-state index contributed by atoms with van der Waals surface area (Å²) in [4.78, 5) is 22.9. The molecule has 1 N–H and O–H groups in total. The molecule has 2 aliphatic rings. The summed E-state index contributed by atoms with van der Waals surface area (Å²) < 4.78 is 5.62. The number of aromatic nitrogens is 2. The summed E-state index contributed by atoms with van der Waals surface area (Å²) in [6, 6.07) is 4.01. The zero-order chi connectivity index (χ0) is 16.1. The standard InChI is InChI=1S/C17H18N4O2/c1-9-11-6-7-23-13(11)5-4-12(9)16-18-10(2)15-17(20-16)21(3)8-14(22)19-15/h4-5H,6-8H2,1-3H3,(H,19,22). The maximum atomic E-state index is 11.7. The number of carbonyl (C=O) groups is 1. The minimum Gasteiger partial charge on any atom is -0.493 e. The number of carbonyl (C=O) groups excluding carboxylic acids is 1. The molecular formula is C17H18N4O2. The lowest BCUT2D eigenvalue weighted by Crippen LogP contribution is -2.36. The van der Waals surface area contributed by atoms with Crippen LogP contribution in [0, 0.1) is 13.8 Å². The van der Waals surface area contributed by atoms with Gasteiger partial charge in [-0.2, -0.15) is 0 Å². The van der Waals surface area contributed by atoms with Gasteiger partial charge in [0.2, 0.25) is 5.91 Å². The maximum absolute atomic E-state index is 11.7. The molecule has 6 heteroatoms. The highest BCUT2D eigenvalue weighted by molar-refractivity contribution is 6.01. The molecule has 0 spiro atoms. The number of hydrogen-bond acceptors (Lipinski definition) is 5. The zero-order valence-electron chi connectivity index (χ0n) is 13.4. The van der Waals surface area contributed by atoms with Gasteiger partial charge in [0.15, 0.2) is 11.6 Å². The van der Waals surface area contributed by atoms with E-state index in [4.69, 9.17) is 9.72 Å². The highest BCUT2D eigenvalue weighted by Crippen LogP contribution is 2.36. The Morgan fingerprint density at radius 1 is 1.26 bits per heavy atom. The SMILES string of the molecule is Cc1nc(-c2ccc3c(c2C)CCO3)nc2c1NC(=O)CN2C. The first-order chi connectivity index (χ1) is 11.0. The van der Waals surface area contributed by atoms with Gasteiger partial charge in [-0.15, -0.1) is 0 Å². The van der Waals surface area contributed by atoms with E-state index in [0.717, 1.165) is 35.9 Å². The van der Waals surface area contributed by atoms with Gasteiger partial charge in [-0.3, -0.25) is 4.79 Å². The number of likely N-dealkylation sites (N-methyl/N-ethyl adjacent to an activating group) is 1. The number of nitrogens with one attached hydrogen (secondary N) is 1. The van der Waals surface area contributed by atoms with E-state index in [1.54, 1.807) is 0 Å². The quantitative estimate of drug-likeness (QED) is 0.873.